The van der Waals surface area contributed by atoms with E-state index >= 15 is 0 Å². The Morgan fingerprint density at radius 2 is 1.97 bits per heavy atom. The van der Waals surface area contributed by atoms with Crippen LogP contribution in [0.2, 0.25) is 0 Å². The Balaban J connectivity index is 1.37. The number of fused-ring (bicyclic) bond motifs is 1. The first-order valence-electron chi connectivity index (χ1n) is 11.2. The molecule has 0 bridgehead atoms. The SMILES string of the molecule is CN(Cc1ccccc1)C(=O)OCc1nc2cc(O[C@H]3CCCC(OC=O)C3)ccc2n1C. The quantitative estimate of drug-likeness (QED) is 0.477. The third kappa shape index (κ3) is 5.63. The van der Waals surface area contributed by atoms with Crippen molar-refractivity contribution in [2.24, 2.45) is 7.05 Å². The molecule has 1 saturated carbocycles. The predicted octanol–water partition coefficient (Wildman–Crippen LogP) is 4.20. The maximum atomic E-state index is 12.4. The maximum absolute atomic E-state index is 12.4. The zero-order chi connectivity index (χ0) is 23.2. The molecule has 4 rings (SSSR count). The van der Waals surface area contributed by atoms with Crippen LogP contribution in [0, 0.1) is 0 Å². The molecule has 1 fully saturated rings. The molecule has 0 radical (unpaired) electrons. The van der Waals surface area contributed by atoms with E-state index in [-0.39, 0.29) is 18.8 Å². The summed E-state index contributed by atoms with van der Waals surface area (Å²) in [4.78, 5) is 29.2. The highest BCUT2D eigenvalue weighted by molar-refractivity contribution is 5.77. The molecule has 1 aliphatic rings. The minimum Gasteiger partial charge on any atom is -0.490 e. The fourth-order valence-electron chi connectivity index (χ4n) is 4.19. The number of carbonyl (C=O) groups excluding carboxylic acids is 2. The van der Waals surface area contributed by atoms with Crippen LogP contribution in [-0.4, -0.2) is 46.3 Å². The highest BCUT2D eigenvalue weighted by Crippen LogP contribution is 2.27. The molecule has 0 spiro atoms. The molecule has 33 heavy (non-hydrogen) atoms. The van der Waals surface area contributed by atoms with Gasteiger partial charge in [0.15, 0.2) is 6.61 Å². The zero-order valence-corrected chi connectivity index (χ0v) is 19.0. The second-order valence-corrected chi connectivity index (χ2v) is 8.39. The molecule has 174 valence electrons. The molecule has 1 aromatic heterocycles. The number of aryl methyl sites for hydroxylation is 1. The number of imidazole rings is 1. The van der Waals surface area contributed by atoms with Gasteiger partial charge in [-0.25, -0.2) is 9.78 Å². The summed E-state index contributed by atoms with van der Waals surface area (Å²) in [5.41, 5.74) is 2.74. The molecular weight excluding hydrogens is 422 g/mol. The third-order valence-corrected chi connectivity index (χ3v) is 5.97. The summed E-state index contributed by atoms with van der Waals surface area (Å²) in [6.07, 6.45) is 2.97. The molecule has 2 aromatic carbocycles. The van der Waals surface area contributed by atoms with Gasteiger partial charge in [0, 0.05) is 33.1 Å². The average Bonchev–Trinajstić information content (AvgIpc) is 3.13. The van der Waals surface area contributed by atoms with Gasteiger partial charge in [0.25, 0.3) is 6.47 Å². The van der Waals surface area contributed by atoms with Crippen LogP contribution in [0.15, 0.2) is 48.5 Å². The van der Waals surface area contributed by atoms with Gasteiger partial charge in [-0.3, -0.25) is 4.79 Å². The van der Waals surface area contributed by atoms with Crippen molar-refractivity contribution in [1.29, 1.82) is 0 Å². The Bertz CT molecular complexity index is 1100. The van der Waals surface area contributed by atoms with Gasteiger partial charge < -0.3 is 23.7 Å². The highest BCUT2D eigenvalue weighted by Gasteiger charge is 2.24. The van der Waals surface area contributed by atoms with Crippen molar-refractivity contribution >= 4 is 23.6 Å². The van der Waals surface area contributed by atoms with Gasteiger partial charge in [0.1, 0.15) is 23.8 Å². The molecule has 0 N–H and O–H groups in total. The number of amides is 1. The number of hydrogen-bond donors (Lipinski definition) is 0. The second kappa shape index (κ2) is 10.4. The van der Waals surface area contributed by atoms with Crippen LogP contribution in [0.1, 0.15) is 37.1 Å². The normalized spacial score (nSPS) is 18.0. The second-order valence-electron chi connectivity index (χ2n) is 8.39. The summed E-state index contributed by atoms with van der Waals surface area (Å²) in [6, 6.07) is 15.5. The van der Waals surface area contributed by atoms with Gasteiger partial charge in [-0.05, 0) is 37.0 Å². The zero-order valence-electron chi connectivity index (χ0n) is 19.0. The van der Waals surface area contributed by atoms with Crippen LogP contribution in [0.4, 0.5) is 4.79 Å². The Labute approximate surface area is 193 Å². The van der Waals surface area contributed by atoms with E-state index in [0.29, 0.717) is 25.3 Å². The van der Waals surface area contributed by atoms with Gasteiger partial charge >= 0.3 is 6.09 Å². The van der Waals surface area contributed by atoms with Gasteiger partial charge in [-0.1, -0.05) is 30.3 Å². The first-order chi connectivity index (χ1) is 16.0. The van der Waals surface area contributed by atoms with Crippen molar-refractivity contribution < 1.29 is 23.8 Å². The number of carbonyl (C=O) groups is 2. The summed E-state index contributed by atoms with van der Waals surface area (Å²) in [7, 11) is 3.61. The molecule has 0 aliphatic heterocycles. The fourth-order valence-corrected chi connectivity index (χ4v) is 4.19. The number of benzene rings is 2. The smallest absolute Gasteiger partial charge is 0.410 e. The van der Waals surface area contributed by atoms with Crippen molar-refractivity contribution in [1.82, 2.24) is 14.5 Å². The lowest BCUT2D eigenvalue weighted by molar-refractivity contribution is -0.136. The Morgan fingerprint density at radius 3 is 2.76 bits per heavy atom. The third-order valence-electron chi connectivity index (χ3n) is 5.97. The molecule has 2 atom stereocenters. The summed E-state index contributed by atoms with van der Waals surface area (Å²) in [5, 5.41) is 0. The molecule has 0 saturated heterocycles. The molecular formula is C25H29N3O5. The molecule has 1 aliphatic carbocycles. The van der Waals surface area contributed by atoms with Crippen molar-refractivity contribution in [3.8, 4) is 5.75 Å². The van der Waals surface area contributed by atoms with Crippen molar-refractivity contribution in [3.05, 3.63) is 59.9 Å². The van der Waals surface area contributed by atoms with E-state index < -0.39 is 6.09 Å². The van der Waals surface area contributed by atoms with Crippen molar-refractivity contribution in [3.63, 3.8) is 0 Å². The van der Waals surface area contributed by atoms with E-state index in [9.17, 15) is 9.59 Å². The molecule has 8 nitrogen and oxygen atoms in total. The van der Waals surface area contributed by atoms with Crippen LogP contribution in [0.5, 0.6) is 5.75 Å². The van der Waals surface area contributed by atoms with Gasteiger partial charge in [0.2, 0.25) is 0 Å². The topological polar surface area (TPSA) is 82.9 Å². The van der Waals surface area contributed by atoms with Crippen LogP contribution >= 0.6 is 0 Å². The monoisotopic (exact) mass is 451 g/mol. The van der Waals surface area contributed by atoms with E-state index in [1.807, 2.05) is 60.1 Å². The number of hydrogen-bond acceptors (Lipinski definition) is 6. The Kier molecular flexibility index (Phi) is 7.12. The number of rotatable bonds is 8. The van der Waals surface area contributed by atoms with E-state index in [4.69, 9.17) is 14.2 Å². The minimum absolute atomic E-state index is 0.00504. The average molecular weight is 452 g/mol. The first-order valence-corrected chi connectivity index (χ1v) is 11.2. The minimum atomic E-state index is -0.403. The molecule has 1 unspecified atom stereocenters. The molecule has 8 heteroatoms. The van der Waals surface area contributed by atoms with Crippen molar-refractivity contribution in [2.45, 2.75) is 51.0 Å². The maximum Gasteiger partial charge on any atom is 0.410 e. The van der Waals surface area contributed by atoms with Crippen molar-refractivity contribution in [2.75, 3.05) is 7.05 Å². The summed E-state index contributed by atoms with van der Waals surface area (Å²) < 4.78 is 18.7. The van der Waals surface area contributed by atoms with E-state index in [0.717, 1.165) is 41.6 Å². The summed E-state index contributed by atoms with van der Waals surface area (Å²) in [6.45, 7) is 1.07. The van der Waals surface area contributed by atoms with E-state index in [1.165, 1.54) is 4.90 Å². The number of aromatic nitrogens is 2. The highest BCUT2D eigenvalue weighted by atomic mass is 16.6. The van der Waals surface area contributed by atoms with E-state index in [1.54, 1.807) is 7.05 Å². The fraction of sp³-hybridized carbons (Fsp3) is 0.400. The lowest BCUT2D eigenvalue weighted by Gasteiger charge is -2.28. The number of ether oxygens (including phenoxy) is 3. The Hall–Kier alpha value is -3.55. The van der Waals surface area contributed by atoms with Crippen LogP contribution in [0.3, 0.4) is 0 Å². The first kappa shape index (κ1) is 22.6. The molecule has 1 amide bonds. The van der Waals surface area contributed by atoms with Crippen LogP contribution in [-0.2, 0) is 34.5 Å². The summed E-state index contributed by atoms with van der Waals surface area (Å²) in [5.74, 6) is 1.38. The lowest BCUT2D eigenvalue weighted by atomic mass is 9.95. The van der Waals surface area contributed by atoms with E-state index in [2.05, 4.69) is 4.98 Å². The molecule has 1 heterocycles. The lowest BCUT2D eigenvalue weighted by Crippen LogP contribution is -2.29. The predicted molar refractivity (Wildman–Crippen MR) is 123 cm³/mol. The molecule has 3 aromatic rings. The largest absolute Gasteiger partial charge is 0.490 e. The van der Waals surface area contributed by atoms with Gasteiger partial charge in [-0.2, -0.15) is 0 Å². The van der Waals surface area contributed by atoms with Crippen LogP contribution < -0.4 is 4.74 Å². The summed E-state index contributed by atoms with van der Waals surface area (Å²) >= 11 is 0. The van der Waals surface area contributed by atoms with Gasteiger partial charge in [-0.15, -0.1) is 0 Å². The standard InChI is InChI=1S/C25H29N3O5/c1-27(15-18-7-4-3-5-8-18)25(30)31-16-24-26-22-14-21(11-12-23(22)28(24)2)33-20-10-6-9-19(13-20)32-17-29/h3-5,7-8,11-12,14,17,19-20H,6,9-10,13,15-16H2,1-2H3/t19?,20-/m0/s1. The van der Waals surface area contributed by atoms with Crippen LogP contribution in [0.25, 0.3) is 11.0 Å². The number of nitrogens with zero attached hydrogens (tertiary/aromatic N) is 3. The Morgan fingerprint density at radius 1 is 1.18 bits per heavy atom. The van der Waals surface area contributed by atoms with Gasteiger partial charge in [0.05, 0.1) is 11.0 Å².